The minimum absolute atomic E-state index is 0.185. The van der Waals surface area contributed by atoms with E-state index in [1.54, 1.807) is 31.5 Å². The number of pyridine rings is 1. The van der Waals surface area contributed by atoms with Crippen LogP contribution in [0.2, 0.25) is 0 Å². The number of fused-ring (bicyclic) bond motifs is 1. The van der Waals surface area contributed by atoms with Crippen LogP contribution in [0, 0.1) is 13.8 Å². The highest BCUT2D eigenvalue weighted by Gasteiger charge is 2.37. The number of carbonyl (C=O) groups excluding carboxylic acids is 1. The van der Waals surface area contributed by atoms with Crippen molar-refractivity contribution in [2.75, 3.05) is 18.5 Å². The number of rotatable bonds is 7. The molecule has 0 saturated carbocycles. The third kappa shape index (κ3) is 6.42. The maximum atomic E-state index is 11.8. The van der Waals surface area contributed by atoms with Gasteiger partial charge in [-0.25, -0.2) is 4.79 Å². The smallest absolute Gasteiger partial charge is 0.344 e. The molecule has 1 aliphatic rings. The average Bonchev–Trinajstić information content (AvgIpc) is 2.89. The lowest BCUT2D eigenvalue weighted by molar-refractivity contribution is -0.145. The van der Waals surface area contributed by atoms with Gasteiger partial charge in [0.05, 0.1) is 12.3 Å². The zero-order valence-electron chi connectivity index (χ0n) is 21.3. The van der Waals surface area contributed by atoms with Crippen LogP contribution in [0.25, 0.3) is 0 Å². The van der Waals surface area contributed by atoms with E-state index in [-0.39, 0.29) is 6.61 Å². The predicted molar refractivity (Wildman–Crippen MR) is 147 cm³/mol. The molecule has 1 aliphatic heterocycles. The molecule has 0 saturated heterocycles. The number of hydrazone groups is 1. The number of esters is 1. The molecule has 1 atom stereocenters. The van der Waals surface area contributed by atoms with E-state index in [2.05, 4.69) is 26.9 Å². The molecule has 0 radical (unpaired) electrons. The second-order valence-electron chi connectivity index (χ2n) is 8.95. The summed E-state index contributed by atoms with van der Waals surface area (Å²) >= 11 is 5.53. The van der Waals surface area contributed by atoms with Crippen LogP contribution in [0.4, 0.5) is 5.69 Å². The number of hydrogen-bond acceptors (Lipinski definition) is 7. The van der Waals surface area contributed by atoms with Gasteiger partial charge in [-0.2, -0.15) is 5.10 Å². The molecule has 2 heterocycles. The van der Waals surface area contributed by atoms with Crippen molar-refractivity contribution in [1.82, 2.24) is 10.4 Å². The highest BCUT2D eigenvalue weighted by Crippen LogP contribution is 2.40. The maximum Gasteiger partial charge on any atom is 0.344 e. The number of ether oxygens (including phenoxy) is 3. The fraction of sp³-hybridized carbons (Fsp3) is 0.286. The van der Waals surface area contributed by atoms with Gasteiger partial charge in [0.2, 0.25) is 0 Å². The van der Waals surface area contributed by atoms with Crippen molar-refractivity contribution in [3.63, 3.8) is 0 Å². The Morgan fingerprint density at radius 3 is 2.81 bits per heavy atom. The van der Waals surface area contributed by atoms with Crippen molar-refractivity contribution in [3.8, 4) is 11.5 Å². The molecule has 0 bridgehead atoms. The first-order chi connectivity index (χ1) is 17.8. The normalized spacial score (nSPS) is 17.4. The van der Waals surface area contributed by atoms with Crippen LogP contribution in [-0.2, 0) is 15.1 Å². The Labute approximate surface area is 222 Å². The van der Waals surface area contributed by atoms with Crippen LogP contribution in [-0.4, -0.2) is 35.0 Å². The van der Waals surface area contributed by atoms with E-state index in [1.165, 1.54) is 0 Å². The van der Waals surface area contributed by atoms with E-state index < -0.39 is 11.6 Å². The van der Waals surface area contributed by atoms with Crippen LogP contribution in [0.5, 0.6) is 11.5 Å². The first-order valence-corrected chi connectivity index (χ1v) is 12.4. The largest absolute Gasteiger partial charge is 0.482 e. The van der Waals surface area contributed by atoms with Gasteiger partial charge in [-0.1, -0.05) is 18.2 Å². The number of nitrogens with one attached hydrogen (secondary N) is 2. The van der Waals surface area contributed by atoms with E-state index >= 15 is 0 Å². The summed E-state index contributed by atoms with van der Waals surface area (Å²) in [4.78, 5) is 16.0. The van der Waals surface area contributed by atoms with Crippen LogP contribution in [0.1, 0.15) is 42.5 Å². The molecule has 192 valence electrons. The van der Waals surface area contributed by atoms with E-state index in [4.69, 9.17) is 26.4 Å². The summed E-state index contributed by atoms with van der Waals surface area (Å²) in [5.74, 6) is 0.707. The van der Waals surface area contributed by atoms with Crippen LogP contribution < -0.4 is 20.2 Å². The lowest BCUT2D eigenvalue weighted by Crippen LogP contribution is -2.38. The minimum Gasteiger partial charge on any atom is -0.482 e. The second kappa shape index (κ2) is 11.4. The topological polar surface area (TPSA) is 94.1 Å². The van der Waals surface area contributed by atoms with Gasteiger partial charge in [0.25, 0.3) is 0 Å². The monoisotopic (exact) mass is 518 g/mol. The van der Waals surface area contributed by atoms with Gasteiger partial charge >= 0.3 is 5.97 Å². The Morgan fingerprint density at radius 1 is 1.22 bits per heavy atom. The standard InChI is InChI=1S/C28H30N4O4S/c1-5-34-26(33)17-35-21-10-11-25-22(14-21)24(15-28(4,36-25)20-7-6-12-29-16-20)31-32-27(37)30-23-13-18(2)8-9-19(23)3/h6-14,16H,5,15,17H2,1-4H3,(H2,30,32,37). The van der Waals surface area contributed by atoms with Crippen molar-refractivity contribution in [3.05, 3.63) is 83.2 Å². The number of benzene rings is 2. The molecule has 1 unspecified atom stereocenters. The minimum atomic E-state index is -0.697. The van der Waals surface area contributed by atoms with Gasteiger partial charge in [0.1, 0.15) is 17.1 Å². The Bertz CT molecular complexity index is 1330. The number of aromatic nitrogens is 1. The Morgan fingerprint density at radius 2 is 2.05 bits per heavy atom. The van der Waals surface area contributed by atoms with E-state index in [9.17, 15) is 4.79 Å². The van der Waals surface area contributed by atoms with Gasteiger partial charge in [-0.3, -0.25) is 10.4 Å². The van der Waals surface area contributed by atoms with Crippen LogP contribution in [0.3, 0.4) is 0 Å². The average molecular weight is 519 g/mol. The van der Waals surface area contributed by atoms with Gasteiger partial charge in [0, 0.05) is 35.6 Å². The maximum absolute atomic E-state index is 11.8. The molecule has 0 aliphatic carbocycles. The van der Waals surface area contributed by atoms with E-state index in [1.807, 2.05) is 51.1 Å². The Balaban J connectivity index is 1.61. The molecular formula is C28H30N4O4S. The van der Waals surface area contributed by atoms with Gasteiger partial charge < -0.3 is 19.5 Å². The molecule has 1 aromatic heterocycles. The first-order valence-electron chi connectivity index (χ1n) is 12.0. The third-order valence-corrected chi connectivity index (χ3v) is 6.16. The van der Waals surface area contributed by atoms with Crippen molar-refractivity contribution in [2.45, 2.75) is 39.7 Å². The van der Waals surface area contributed by atoms with Crippen molar-refractivity contribution in [2.24, 2.45) is 5.10 Å². The highest BCUT2D eigenvalue weighted by molar-refractivity contribution is 7.80. The summed E-state index contributed by atoms with van der Waals surface area (Å²) in [7, 11) is 0. The number of hydrogen-bond donors (Lipinski definition) is 2. The number of aryl methyl sites for hydroxylation is 2. The summed E-state index contributed by atoms with van der Waals surface area (Å²) < 4.78 is 17.0. The molecule has 2 N–H and O–H groups in total. The summed E-state index contributed by atoms with van der Waals surface area (Å²) in [6, 6.07) is 15.4. The molecule has 9 heteroatoms. The van der Waals surface area contributed by atoms with Crippen LogP contribution >= 0.6 is 12.2 Å². The number of anilines is 1. The van der Waals surface area contributed by atoms with Gasteiger partial charge in [0.15, 0.2) is 11.7 Å². The first kappa shape index (κ1) is 26.1. The zero-order valence-corrected chi connectivity index (χ0v) is 22.1. The van der Waals surface area contributed by atoms with E-state index in [0.29, 0.717) is 29.6 Å². The fourth-order valence-electron chi connectivity index (χ4n) is 4.03. The van der Waals surface area contributed by atoms with Gasteiger partial charge in [-0.05, 0) is 81.4 Å². The summed E-state index contributed by atoms with van der Waals surface area (Å²) in [6.45, 7) is 7.91. The summed E-state index contributed by atoms with van der Waals surface area (Å²) in [5.41, 5.74) is 7.79. The molecular weight excluding hydrogens is 488 g/mol. The molecule has 0 fully saturated rings. The predicted octanol–water partition coefficient (Wildman–Crippen LogP) is 5.03. The van der Waals surface area contributed by atoms with Crippen molar-refractivity contribution in [1.29, 1.82) is 0 Å². The second-order valence-corrected chi connectivity index (χ2v) is 9.35. The van der Waals surface area contributed by atoms with E-state index in [0.717, 1.165) is 33.7 Å². The fourth-order valence-corrected chi connectivity index (χ4v) is 4.18. The van der Waals surface area contributed by atoms with Crippen molar-refractivity contribution < 1.29 is 19.0 Å². The van der Waals surface area contributed by atoms with Crippen molar-refractivity contribution >= 4 is 34.7 Å². The lowest BCUT2D eigenvalue weighted by Gasteiger charge is -2.36. The number of carbonyl (C=O) groups is 1. The summed E-state index contributed by atoms with van der Waals surface area (Å²) in [6.07, 6.45) is 3.97. The number of nitrogens with zero attached hydrogens (tertiary/aromatic N) is 2. The molecule has 8 nitrogen and oxygen atoms in total. The lowest BCUT2D eigenvalue weighted by atomic mass is 9.86. The van der Waals surface area contributed by atoms with Gasteiger partial charge in [-0.15, -0.1) is 0 Å². The molecule has 0 spiro atoms. The molecule has 4 rings (SSSR count). The van der Waals surface area contributed by atoms with Crippen LogP contribution in [0.15, 0.2) is 66.0 Å². The summed E-state index contributed by atoms with van der Waals surface area (Å²) in [5, 5.41) is 8.26. The Hall–Kier alpha value is -3.98. The molecule has 0 amide bonds. The third-order valence-electron chi connectivity index (χ3n) is 5.97. The molecule has 3 aromatic rings. The molecule has 37 heavy (non-hydrogen) atoms. The zero-order chi connectivity index (χ0) is 26.4. The SMILES string of the molecule is CCOC(=O)COc1ccc2c(c1)C(=NNC(=S)Nc1cc(C)ccc1C)CC(C)(c1cccnc1)O2. The Kier molecular flexibility index (Phi) is 8.03. The number of thiocarbonyl (C=S) groups is 1. The molecule has 2 aromatic carbocycles. The quantitative estimate of drug-likeness (QED) is 0.256. The highest BCUT2D eigenvalue weighted by atomic mass is 32.1.